The first-order valence-electron chi connectivity index (χ1n) is 4.75. The summed E-state index contributed by atoms with van der Waals surface area (Å²) in [4.78, 5) is 0. The van der Waals surface area contributed by atoms with Gasteiger partial charge in [0.25, 0.3) is 0 Å². The largest absolute Gasteiger partial charge is 0.371 e. The molecule has 1 aliphatic rings. The second-order valence-corrected chi connectivity index (χ2v) is 2.90. The van der Waals surface area contributed by atoms with E-state index in [4.69, 9.17) is 6.11 Å². The Morgan fingerprint density at radius 2 is 2.50 bits per heavy atom. The summed E-state index contributed by atoms with van der Waals surface area (Å²) in [6.45, 7) is 2.54. The van der Waals surface area contributed by atoms with Gasteiger partial charge in [0, 0.05) is 13.1 Å². The first-order chi connectivity index (χ1) is 6.36. The maximum absolute atomic E-state index is 7.48. The molecule has 0 aliphatic carbocycles. The molecule has 0 bridgehead atoms. The van der Waals surface area contributed by atoms with Crippen LogP contribution in [0.5, 0.6) is 0 Å². The van der Waals surface area contributed by atoms with Gasteiger partial charge in [0.15, 0.2) is 0 Å². The molecule has 1 atom stereocenters. The monoisotopic (exact) mass is 164 g/mol. The molecule has 1 aliphatic heterocycles. The summed E-state index contributed by atoms with van der Waals surface area (Å²) in [5.74, 6) is 0. The molecule has 12 heavy (non-hydrogen) atoms. The molecule has 1 aromatic carbocycles. The lowest BCUT2D eigenvalue weighted by molar-refractivity contribution is 0.0277. The maximum Gasteiger partial charge on any atom is 0.0949 e. The molecule has 0 unspecified atom stereocenters. The SMILES string of the molecule is [2H]c1cccc([C@H]2CNCCO2)c1. The van der Waals surface area contributed by atoms with E-state index in [1.807, 2.05) is 18.2 Å². The topological polar surface area (TPSA) is 21.3 Å². The predicted molar refractivity (Wildman–Crippen MR) is 48.0 cm³/mol. The van der Waals surface area contributed by atoms with Gasteiger partial charge in [-0.3, -0.25) is 0 Å². The van der Waals surface area contributed by atoms with Gasteiger partial charge < -0.3 is 10.1 Å². The fourth-order valence-corrected chi connectivity index (χ4v) is 1.39. The Bertz CT molecular complexity index is 284. The fourth-order valence-electron chi connectivity index (χ4n) is 1.39. The van der Waals surface area contributed by atoms with Crippen LogP contribution >= 0.6 is 0 Å². The van der Waals surface area contributed by atoms with Crippen LogP contribution in [0.25, 0.3) is 0 Å². The third-order valence-corrected chi connectivity index (χ3v) is 2.03. The molecule has 2 heteroatoms. The quantitative estimate of drug-likeness (QED) is 0.676. The number of hydrogen-bond donors (Lipinski definition) is 1. The first kappa shape index (κ1) is 6.63. The average Bonchev–Trinajstić information content (AvgIpc) is 2.19. The summed E-state index contributed by atoms with van der Waals surface area (Å²) in [6, 6.07) is 8.09. The molecular weight excluding hydrogens is 150 g/mol. The van der Waals surface area contributed by atoms with Gasteiger partial charge in [-0.15, -0.1) is 0 Å². The van der Waals surface area contributed by atoms with Crippen molar-refractivity contribution in [2.45, 2.75) is 6.10 Å². The van der Waals surface area contributed by atoms with Gasteiger partial charge in [-0.1, -0.05) is 30.3 Å². The van der Waals surface area contributed by atoms with Crippen molar-refractivity contribution in [2.75, 3.05) is 19.7 Å². The van der Waals surface area contributed by atoms with E-state index in [1.165, 1.54) is 0 Å². The van der Waals surface area contributed by atoms with E-state index >= 15 is 0 Å². The van der Waals surface area contributed by atoms with Gasteiger partial charge >= 0.3 is 0 Å². The Morgan fingerprint density at radius 3 is 3.25 bits per heavy atom. The van der Waals surface area contributed by atoms with E-state index in [2.05, 4.69) is 5.32 Å². The molecule has 0 amide bonds. The fraction of sp³-hybridized carbons (Fsp3) is 0.400. The summed E-state index contributed by atoms with van der Waals surface area (Å²) < 4.78 is 13.1. The van der Waals surface area contributed by atoms with Crippen LogP contribution < -0.4 is 5.32 Å². The van der Waals surface area contributed by atoms with Crippen LogP contribution in [0, 0.1) is 0 Å². The minimum absolute atomic E-state index is 0.124. The molecule has 64 valence electrons. The minimum atomic E-state index is 0.124. The van der Waals surface area contributed by atoms with E-state index in [0.717, 1.165) is 25.3 Å². The molecule has 1 saturated heterocycles. The van der Waals surface area contributed by atoms with Crippen molar-refractivity contribution < 1.29 is 6.11 Å². The van der Waals surface area contributed by atoms with Gasteiger partial charge in [0.2, 0.25) is 0 Å². The van der Waals surface area contributed by atoms with Gasteiger partial charge in [0.05, 0.1) is 14.1 Å². The van der Waals surface area contributed by atoms with Crippen LogP contribution in [-0.2, 0) is 4.74 Å². The number of hydrogen-bond acceptors (Lipinski definition) is 2. The first-order valence-corrected chi connectivity index (χ1v) is 4.25. The third kappa shape index (κ3) is 1.65. The van der Waals surface area contributed by atoms with Crippen molar-refractivity contribution in [1.82, 2.24) is 5.32 Å². The highest BCUT2D eigenvalue weighted by atomic mass is 16.5. The Balaban J connectivity index is 2.14. The van der Waals surface area contributed by atoms with Gasteiger partial charge in [-0.05, 0) is 5.56 Å². The molecule has 1 heterocycles. The van der Waals surface area contributed by atoms with Crippen LogP contribution in [0.3, 0.4) is 0 Å². The number of ether oxygens (including phenoxy) is 1. The van der Waals surface area contributed by atoms with Crippen molar-refractivity contribution in [1.29, 1.82) is 0 Å². The van der Waals surface area contributed by atoms with Gasteiger partial charge in [-0.25, -0.2) is 0 Å². The molecular formula is C10H13NO. The van der Waals surface area contributed by atoms with E-state index in [1.54, 1.807) is 6.07 Å². The van der Waals surface area contributed by atoms with Crippen LogP contribution in [0.1, 0.15) is 13.0 Å². The minimum Gasteiger partial charge on any atom is -0.371 e. The lowest BCUT2D eigenvalue weighted by Gasteiger charge is -2.23. The summed E-state index contributed by atoms with van der Waals surface area (Å²) in [7, 11) is 0. The Labute approximate surface area is 74.0 Å². The van der Waals surface area contributed by atoms with Crippen molar-refractivity contribution in [3.05, 3.63) is 35.9 Å². The molecule has 2 nitrogen and oxygen atoms in total. The summed E-state index contributed by atoms with van der Waals surface area (Å²) in [5, 5.41) is 3.27. The lowest BCUT2D eigenvalue weighted by atomic mass is 10.1. The standard InChI is InChI=1S/C10H13NO/c1-2-4-9(5-3-1)10-8-11-6-7-12-10/h1-5,10-11H,6-8H2/t10-/m1/s1/i2D. The molecule has 1 fully saturated rings. The normalized spacial score (nSPS) is 25.0. The zero-order valence-corrected chi connectivity index (χ0v) is 6.92. The third-order valence-electron chi connectivity index (χ3n) is 2.03. The average molecular weight is 164 g/mol. The van der Waals surface area contributed by atoms with E-state index in [0.29, 0.717) is 6.04 Å². The second-order valence-electron chi connectivity index (χ2n) is 2.90. The summed E-state index contributed by atoms with van der Waals surface area (Å²) >= 11 is 0. The maximum atomic E-state index is 7.48. The number of nitrogens with one attached hydrogen (secondary N) is 1. The van der Waals surface area contributed by atoms with Crippen molar-refractivity contribution in [3.63, 3.8) is 0 Å². The lowest BCUT2D eigenvalue weighted by Crippen LogP contribution is -2.33. The molecule has 0 aromatic heterocycles. The smallest absolute Gasteiger partial charge is 0.0949 e. The highest BCUT2D eigenvalue weighted by Crippen LogP contribution is 2.17. The van der Waals surface area contributed by atoms with Gasteiger partial charge in [0.1, 0.15) is 0 Å². The van der Waals surface area contributed by atoms with Crippen LogP contribution in [0.15, 0.2) is 30.3 Å². The number of morpholine rings is 1. The predicted octanol–water partition coefficient (Wildman–Crippen LogP) is 1.35. The Morgan fingerprint density at radius 1 is 1.50 bits per heavy atom. The van der Waals surface area contributed by atoms with Crippen LogP contribution in [0.4, 0.5) is 0 Å². The molecule has 0 saturated carbocycles. The molecule has 2 rings (SSSR count). The van der Waals surface area contributed by atoms with Crippen molar-refractivity contribution in [2.24, 2.45) is 0 Å². The highest BCUT2D eigenvalue weighted by Gasteiger charge is 2.14. The molecule has 1 aromatic rings. The highest BCUT2D eigenvalue weighted by molar-refractivity contribution is 5.18. The van der Waals surface area contributed by atoms with Crippen molar-refractivity contribution >= 4 is 0 Å². The molecule has 0 radical (unpaired) electrons. The van der Waals surface area contributed by atoms with E-state index in [-0.39, 0.29) is 6.10 Å². The second kappa shape index (κ2) is 3.70. The Hall–Kier alpha value is -0.860. The summed E-state index contributed by atoms with van der Waals surface area (Å²) in [5.41, 5.74) is 1.10. The Kier molecular flexibility index (Phi) is 2.04. The zero-order chi connectivity index (χ0) is 9.10. The molecule has 1 N–H and O–H groups in total. The zero-order valence-electron chi connectivity index (χ0n) is 7.92. The number of rotatable bonds is 1. The number of benzene rings is 1. The van der Waals surface area contributed by atoms with Crippen LogP contribution in [0.2, 0.25) is 0 Å². The molecule has 0 spiro atoms. The van der Waals surface area contributed by atoms with E-state index < -0.39 is 0 Å². The van der Waals surface area contributed by atoms with Crippen LogP contribution in [-0.4, -0.2) is 19.7 Å². The summed E-state index contributed by atoms with van der Waals surface area (Å²) in [6.07, 6.45) is 0.124. The van der Waals surface area contributed by atoms with Crippen molar-refractivity contribution in [3.8, 4) is 0 Å². The van der Waals surface area contributed by atoms with Gasteiger partial charge in [-0.2, -0.15) is 0 Å². The van der Waals surface area contributed by atoms with E-state index in [9.17, 15) is 0 Å².